The zero-order chi connectivity index (χ0) is 19.9. The summed E-state index contributed by atoms with van der Waals surface area (Å²) in [5, 5.41) is 28.4. The van der Waals surface area contributed by atoms with Crippen molar-refractivity contribution in [2.75, 3.05) is 6.61 Å². The van der Waals surface area contributed by atoms with Crippen molar-refractivity contribution in [2.45, 2.75) is 26.0 Å². The smallest absolute Gasteiger partial charge is 0.357 e. The van der Waals surface area contributed by atoms with Crippen LogP contribution < -0.4 is 4.74 Å². The summed E-state index contributed by atoms with van der Waals surface area (Å²) in [7, 11) is 0. The van der Waals surface area contributed by atoms with E-state index in [0.29, 0.717) is 0 Å². The van der Waals surface area contributed by atoms with Gasteiger partial charge in [0.25, 0.3) is 0 Å². The third-order valence-electron chi connectivity index (χ3n) is 3.76. The van der Waals surface area contributed by atoms with Crippen LogP contribution in [0.5, 0.6) is 5.75 Å². The highest BCUT2D eigenvalue weighted by molar-refractivity contribution is 6.00. The molecule has 0 saturated heterocycles. The van der Waals surface area contributed by atoms with Gasteiger partial charge in [0.15, 0.2) is 11.4 Å². The number of halogens is 1. The van der Waals surface area contributed by atoms with Crippen LogP contribution in [0.4, 0.5) is 4.39 Å². The Balaban J connectivity index is 2.27. The Labute approximate surface area is 152 Å². The number of aromatic nitrogens is 2. The van der Waals surface area contributed by atoms with Crippen molar-refractivity contribution in [1.82, 2.24) is 9.55 Å². The molecule has 0 saturated carbocycles. The van der Waals surface area contributed by atoms with Crippen molar-refractivity contribution < 1.29 is 34.0 Å². The number of fused-ring (bicyclic) bond motifs is 3. The molecule has 0 radical (unpaired) electrons. The maximum atomic E-state index is 14.3. The second kappa shape index (κ2) is 6.41. The van der Waals surface area contributed by atoms with Gasteiger partial charge in [-0.25, -0.2) is 19.0 Å². The molecule has 3 N–H and O–H groups in total. The van der Waals surface area contributed by atoms with E-state index >= 15 is 0 Å². The fourth-order valence-electron chi connectivity index (χ4n) is 2.65. The summed E-state index contributed by atoms with van der Waals surface area (Å²) in [6.07, 6.45) is 0. The van der Waals surface area contributed by atoms with Gasteiger partial charge in [-0.15, -0.1) is 0 Å². The Kier molecular flexibility index (Phi) is 4.37. The average molecular weight is 374 g/mol. The van der Waals surface area contributed by atoms with Crippen molar-refractivity contribution in [2.24, 2.45) is 0 Å². The van der Waals surface area contributed by atoms with Crippen molar-refractivity contribution in [3.05, 3.63) is 34.9 Å². The molecule has 0 amide bonds. The highest BCUT2D eigenvalue weighted by atomic mass is 19.1. The zero-order valence-corrected chi connectivity index (χ0v) is 14.4. The molecule has 140 valence electrons. The molecule has 0 fully saturated rings. The number of rotatable bonds is 2. The van der Waals surface area contributed by atoms with Crippen LogP contribution in [-0.4, -0.2) is 49.0 Å². The van der Waals surface area contributed by atoms with Gasteiger partial charge >= 0.3 is 11.9 Å². The lowest BCUT2D eigenvalue weighted by atomic mass is 10.1. The van der Waals surface area contributed by atoms with Gasteiger partial charge in [-0.3, -0.25) is 0 Å². The zero-order valence-electron chi connectivity index (χ0n) is 14.4. The van der Waals surface area contributed by atoms with E-state index in [1.807, 2.05) is 0 Å². The van der Waals surface area contributed by atoms with Crippen LogP contribution >= 0.6 is 0 Å². The number of ether oxygens (including phenoxy) is 1. The molecular weight excluding hydrogens is 359 g/mol. The van der Waals surface area contributed by atoms with Gasteiger partial charge in [-0.1, -0.05) is 11.8 Å². The second-order valence-corrected chi connectivity index (χ2v) is 6.38. The molecule has 0 unspecified atom stereocenters. The van der Waals surface area contributed by atoms with Crippen LogP contribution in [0.15, 0.2) is 12.1 Å². The lowest BCUT2D eigenvalue weighted by Crippen LogP contribution is -2.15. The molecule has 1 aromatic heterocycles. The minimum absolute atomic E-state index is 0.00380. The maximum Gasteiger partial charge on any atom is 0.357 e. The molecule has 1 aliphatic heterocycles. The monoisotopic (exact) mass is 374 g/mol. The Morgan fingerprint density at radius 2 is 2.00 bits per heavy atom. The number of hydrogen-bond acceptors (Lipinski definition) is 5. The van der Waals surface area contributed by atoms with Crippen molar-refractivity contribution in [3.63, 3.8) is 0 Å². The highest BCUT2D eigenvalue weighted by Gasteiger charge is 2.30. The Bertz CT molecular complexity index is 1020. The Hall–Kier alpha value is -3.38. The first kappa shape index (κ1) is 18.4. The molecule has 9 heteroatoms. The van der Waals surface area contributed by atoms with Gasteiger partial charge in [0.2, 0.25) is 0 Å². The van der Waals surface area contributed by atoms with Crippen LogP contribution in [0.2, 0.25) is 0 Å². The predicted octanol–water partition coefficient (Wildman–Crippen LogP) is 1.60. The van der Waals surface area contributed by atoms with E-state index in [1.54, 1.807) is 0 Å². The molecule has 2 heterocycles. The molecule has 3 rings (SSSR count). The number of hydrogen-bond donors (Lipinski definition) is 3. The van der Waals surface area contributed by atoms with Crippen molar-refractivity contribution >= 4 is 11.9 Å². The summed E-state index contributed by atoms with van der Waals surface area (Å²) in [6.45, 7) is 2.91. The van der Waals surface area contributed by atoms with E-state index < -0.39 is 34.7 Å². The topological polar surface area (TPSA) is 122 Å². The first-order valence-electron chi connectivity index (χ1n) is 7.88. The van der Waals surface area contributed by atoms with E-state index in [-0.39, 0.29) is 35.9 Å². The van der Waals surface area contributed by atoms with Gasteiger partial charge in [-0.2, -0.15) is 0 Å². The molecule has 27 heavy (non-hydrogen) atoms. The first-order valence-corrected chi connectivity index (χ1v) is 7.88. The number of imidazole rings is 1. The summed E-state index contributed by atoms with van der Waals surface area (Å²) in [5.41, 5.74) is -2.30. The van der Waals surface area contributed by atoms with Crippen LogP contribution in [-0.2, 0) is 6.54 Å². The summed E-state index contributed by atoms with van der Waals surface area (Å²) in [5.74, 6) is 1.51. The Morgan fingerprint density at radius 3 is 2.59 bits per heavy atom. The molecule has 0 atom stereocenters. The summed E-state index contributed by atoms with van der Waals surface area (Å²) < 4.78 is 21.0. The molecule has 0 spiro atoms. The van der Waals surface area contributed by atoms with Crippen molar-refractivity contribution in [3.8, 4) is 29.0 Å². The largest absolute Gasteiger partial charge is 0.491 e. The quantitative estimate of drug-likeness (QED) is 0.683. The fourth-order valence-corrected chi connectivity index (χ4v) is 2.65. The molecule has 1 aromatic carbocycles. The number of aromatic carboxylic acids is 2. The standard InChI is InChI=1S/C18H15FN2O6/c1-18(2,26)4-3-9-7-10-12(8-11(9)19)27-6-5-21-14(17(24)25)13(16(22)23)20-15(10)21/h7-8,26H,5-6H2,1-2H3,(H,22,23)(H,24,25). The molecule has 1 aliphatic rings. The Morgan fingerprint density at radius 1 is 1.30 bits per heavy atom. The molecule has 2 aromatic rings. The molecule has 0 bridgehead atoms. The number of aliphatic hydroxyl groups is 1. The van der Waals surface area contributed by atoms with Gasteiger partial charge in [0.05, 0.1) is 17.7 Å². The minimum Gasteiger partial charge on any atom is -0.491 e. The maximum absolute atomic E-state index is 14.3. The van der Waals surface area contributed by atoms with E-state index in [1.165, 1.54) is 24.5 Å². The van der Waals surface area contributed by atoms with Gasteiger partial charge in [0.1, 0.15) is 29.6 Å². The first-order chi connectivity index (χ1) is 12.6. The SMILES string of the molecule is CC(C)(O)C#Cc1cc2c(cc1F)OCCn1c-2nc(C(=O)O)c1C(=O)O. The fraction of sp³-hybridized carbons (Fsp3) is 0.278. The summed E-state index contributed by atoms with van der Waals surface area (Å²) in [6, 6.07) is 2.37. The number of carboxylic acid groups (broad SMARTS) is 2. The average Bonchev–Trinajstić information content (AvgIpc) is 2.85. The van der Waals surface area contributed by atoms with Crippen LogP contribution in [0, 0.1) is 17.7 Å². The van der Waals surface area contributed by atoms with Crippen LogP contribution in [0.3, 0.4) is 0 Å². The molecule has 8 nitrogen and oxygen atoms in total. The van der Waals surface area contributed by atoms with E-state index in [0.717, 1.165) is 6.07 Å². The van der Waals surface area contributed by atoms with Crippen LogP contribution in [0.1, 0.15) is 40.4 Å². The summed E-state index contributed by atoms with van der Waals surface area (Å²) in [4.78, 5) is 26.9. The lowest BCUT2D eigenvalue weighted by molar-refractivity contribution is 0.0639. The second-order valence-electron chi connectivity index (χ2n) is 6.38. The predicted molar refractivity (Wildman–Crippen MR) is 90.2 cm³/mol. The van der Waals surface area contributed by atoms with Gasteiger partial charge in [-0.05, 0) is 19.9 Å². The van der Waals surface area contributed by atoms with E-state index in [4.69, 9.17) is 4.74 Å². The molecule has 0 aliphatic carbocycles. The lowest BCUT2D eigenvalue weighted by Gasteiger charge is -2.09. The number of nitrogens with zero attached hydrogens (tertiary/aromatic N) is 2. The van der Waals surface area contributed by atoms with Crippen LogP contribution in [0.25, 0.3) is 11.4 Å². The van der Waals surface area contributed by atoms with Crippen molar-refractivity contribution in [1.29, 1.82) is 0 Å². The van der Waals surface area contributed by atoms with E-state index in [9.17, 15) is 29.3 Å². The summed E-state index contributed by atoms with van der Waals surface area (Å²) >= 11 is 0. The van der Waals surface area contributed by atoms with E-state index in [2.05, 4.69) is 16.8 Å². The number of benzene rings is 1. The normalized spacial score (nSPS) is 12.7. The van der Waals surface area contributed by atoms with Gasteiger partial charge in [0, 0.05) is 6.07 Å². The highest BCUT2D eigenvalue weighted by Crippen LogP contribution is 2.35. The number of carboxylic acids is 2. The minimum atomic E-state index is -1.49. The third-order valence-corrected chi connectivity index (χ3v) is 3.76. The number of carbonyl (C=O) groups is 2. The van der Waals surface area contributed by atoms with Gasteiger partial charge < -0.3 is 24.6 Å². The molecular formula is C18H15FN2O6. The third kappa shape index (κ3) is 3.47.